The summed E-state index contributed by atoms with van der Waals surface area (Å²) in [5.74, 6) is 0.643. The Kier molecular flexibility index (Phi) is 7.51. The van der Waals surface area contributed by atoms with E-state index in [9.17, 15) is 4.79 Å². The van der Waals surface area contributed by atoms with E-state index in [0.717, 1.165) is 32.4 Å². The first-order chi connectivity index (χ1) is 11.9. The van der Waals surface area contributed by atoms with Crippen LogP contribution in [0.4, 0.5) is 4.79 Å². The van der Waals surface area contributed by atoms with Gasteiger partial charge in [-0.3, -0.25) is 0 Å². The van der Waals surface area contributed by atoms with Crippen molar-refractivity contribution >= 4 is 6.09 Å². The van der Waals surface area contributed by atoms with Gasteiger partial charge in [0.05, 0.1) is 13.2 Å². The molecule has 1 aromatic carbocycles. The molecule has 1 aliphatic rings. The summed E-state index contributed by atoms with van der Waals surface area (Å²) in [7, 11) is 0. The molecule has 0 spiro atoms. The molecular formula is C21H31NO3. The zero-order valence-corrected chi connectivity index (χ0v) is 15.7. The Morgan fingerprint density at radius 2 is 1.84 bits per heavy atom. The topological polar surface area (TPSA) is 38.8 Å². The van der Waals surface area contributed by atoms with Gasteiger partial charge in [0, 0.05) is 13.1 Å². The third-order valence-corrected chi connectivity index (χ3v) is 4.23. The highest BCUT2D eigenvalue weighted by molar-refractivity contribution is 5.68. The molecular weight excluding hydrogens is 314 g/mol. The third-order valence-electron chi connectivity index (χ3n) is 4.23. The summed E-state index contributed by atoms with van der Waals surface area (Å²) >= 11 is 0. The van der Waals surface area contributed by atoms with Crippen LogP contribution in [0.1, 0.15) is 45.6 Å². The lowest BCUT2D eigenvalue weighted by atomic mass is 9.93. The van der Waals surface area contributed by atoms with E-state index in [1.807, 2.05) is 43.9 Å². The van der Waals surface area contributed by atoms with E-state index in [-0.39, 0.29) is 6.09 Å². The quantitative estimate of drug-likeness (QED) is 0.549. The highest BCUT2D eigenvalue weighted by atomic mass is 16.6. The fraction of sp³-hybridized carbons (Fsp3) is 0.571. The van der Waals surface area contributed by atoms with E-state index in [1.165, 1.54) is 5.56 Å². The summed E-state index contributed by atoms with van der Waals surface area (Å²) < 4.78 is 11.1. The molecule has 4 nitrogen and oxygen atoms in total. The number of likely N-dealkylation sites (tertiary alicyclic amines) is 1. The molecule has 0 bridgehead atoms. The Bertz CT molecular complexity index is 540. The summed E-state index contributed by atoms with van der Waals surface area (Å²) in [6, 6.07) is 10.2. The monoisotopic (exact) mass is 345 g/mol. The second kappa shape index (κ2) is 9.62. The van der Waals surface area contributed by atoms with Gasteiger partial charge in [-0.1, -0.05) is 42.5 Å². The van der Waals surface area contributed by atoms with Crippen LogP contribution >= 0.6 is 0 Å². The maximum atomic E-state index is 12.0. The zero-order chi connectivity index (χ0) is 18.1. The number of ether oxygens (including phenoxy) is 2. The molecule has 1 saturated heterocycles. The third kappa shape index (κ3) is 7.74. The number of benzene rings is 1. The van der Waals surface area contributed by atoms with Crippen molar-refractivity contribution in [1.29, 1.82) is 0 Å². The van der Waals surface area contributed by atoms with Gasteiger partial charge < -0.3 is 14.4 Å². The number of hydrogen-bond donors (Lipinski definition) is 0. The van der Waals surface area contributed by atoms with Crippen LogP contribution in [0.3, 0.4) is 0 Å². The molecule has 1 aromatic rings. The number of carbonyl (C=O) groups excluding carboxylic acids is 1. The van der Waals surface area contributed by atoms with Crippen LogP contribution in [-0.2, 0) is 16.1 Å². The van der Waals surface area contributed by atoms with Crippen LogP contribution in [0.25, 0.3) is 0 Å². The highest BCUT2D eigenvalue weighted by Gasteiger charge is 2.26. The number of carbonyl (C=O) groups is 1. The van der Waals surface area contributed by atoms with Gasteiger partial charge in [0.25, 0.3) is 0 Å². The van der Waals surface area contributed by atoms with Gasteiger partial charge in [-0.15, -0.1) is 0 Å². The van der Waals surface area contributed by atoms with Gasteiger partial charge in [0.2, 0.25) is 0 Å². The van der Waals surface area contributed by atoms with E-state index in [0.29, 0.717) is 19.1 Å². The van der Waals surface area contributed by atoms with E-state index in [2.05, 4.69) is 24.3 Å². The van der Waals surface area contributed by atoms with Gasteiger partial charge in [-0.2, -0.15) is 0 Å². The first-order valence-corrected chi connectivity index (χ1v) is 9.18. The maximum Gasteiger partial charge on any atom is 0.410 e. The van der Waals surface area contributed by atoms with Crippen molar-refractivity contribution in [3.8, 4) is 0 Å². The van der Waals surface area contributed by atoms with Gasteiger partial charge in [0.15, 0.2) is 0 Å². The fourth-order valence-electron chi connectivity index (χ4n) is 2.85. The maximum absolute atomic E-state index is 12.0. The van der Waals surface area contributed by atoms with Gasteiger partial charge in [-0.05, 0) is 51.5 Å². The second-order valence-corrected chi connectivity index (χ2v) is 7.62. The van der Waals surface area contributed by atoms with E-state index < -0.39 is 5.60 Å². The van der Waals surface area contributed by atoms with Crippen LogP contribution in [0.5, 0.6) is 0 Å². The van der Waals surface area contributed by atoms with Crippen molar-refractivity contribution < 1.29 is 14.3 Å². The molecule has 1 aliphatic heterocycles. The first-order valence-electron chi connectivity index (χ1n) is 9.18. The van der Waals surface area contributed by atoms with Crippen molar-refractivity contribution in [3.05, 3.63) is 48.0 Å². The number of hydrogen-bond acceptors (Lipinski definition) is 3. The number of nitrogens with zero attached hydrogens (tertiary/aromatic N) is 1. The van der Waals surface area contributed by atoms with E-state index >= 15 is 0 Å². The predicted octanol–water partition coefficient (Wildman–Crippen LogP) is 4.80. The molecule has 0 saturated carbocycles. The minimum absolute atomic E-state index is 0.184. The Morgan fingerprint density at radius 3 is 2.48 bits per heavy atom. The summed E-state index contributed by atoms with van der Waals surface area (Å²) in [4.78, 5) is 13.9. The summed E-state index contributed by atoms with van der Waals surface area (Å²) in [6.07, 6.45) is 7.25. The first kappa shape index (κ1) is 19.5. The van der Waals surface area contributed by atoms with E-state index in [1.54, 1.807) is 0 Å². The molecule has 0 atom stereocenters. The summed E-state index contributed by atoms with van der Waals surface area (Å²) in [6.45, 7) is 8.59. The largest absolute Gasteiger partial charge is 0.444 e. The minimum Gasteiger partial charge on any atom is -0.444 e. The number of piperidine rings is 1. The van der Waals surface area contributed by atoms with Crippen molar-refractivity contribution in [3.63, 3.8) is 0 Å². The molecule has 0 aromatic heterocycles. The van der Waals surface area contributed by atoms with Crippen LogP contribution in [-0.4, -0.2) is 36.3 Å². The Morgan fingerprint density at radius 1 is 1.16 bits per heavy atom. The molecule has 0 N–H and O–H groups in total. The summed E-state index contributed by atoms with van der Waals surface area (Å²) in [5.41, 5.74) is 0.779. The van der Waals surface area contributed by atoms with Crippen molar-refractivity contribution in [2.75, 3.05) is 19.7 Å². The number of amides is 1. The van der Waals surface area contributed by atoms with Crippen LogP contribution in [0.15, 0.2) is 42.5 Å². The van der Waals surface area contributed by atoms with Gasteiger partial charge >= 0.3 is 6.09 Å². The molecule has 1 amide bonds. The molecule has 138 valence electrons. The predicted molar refractivity (Wildman–Crippen MR) is 100 cm³/mol. The average molecular weight is 345 g/mol. The fourth-order valence-corrected chi connectivity index (χ4v) is 2.85. The molecule has 2 rings (SSSR count). The molecule has 0 radical (unpaired) electrons. The molecule has 1 fully saturated rings. The van der Waals surface area contributed by atoms with Crippen LogP contribution < -0.4 is 0 Å². The molecule has 4 heteroatoms. The lowest BCUT2D eigenvalue weighted by Crippen LogP contribution is -2.41. The normalized spacial score (nSPS) is 16.4. The molecule has 0 unspecified atom stereocenters. The minimum atomic E-state index is -0.420. The number of rotatable bonds is 6. The zero-order valence-electron chi connectivity index (χ0n) is 15.7. The highest BCUT2D eigenvalue weighted by Crippen LogP contribution is 2.22. The standard InChI is InChI=1S/C21H31NO3/c1-21(2,3)25-20(23)22-14-12-18(13-15-22)9-7-8-16-24-17-19-10-5-4-6-11-19/h4-8,10-11,18H,9,12-17H2,1-3H3/b8-7+. The van der Waals surface area contributed by atoms with E-state index in [4.69, 9.17) is 9.47 Å². The van der Waals surface area contributed by atoms with Crippen molar-refractivity contribution in [1.82, 2.24) is 4.90 Å². The number of allylic oxidation sites excluding steroid dienone is 1. The smallest absolute Gasteiger partial charge is 0.410 e. The SMILES string of the molecule is CC(C)(C)OC(=O)N1CCC(C/C=C/COCc2ccccc2)CC1. The average Bonchev–Trinajstić information content (AvgIpc) is 2.58. The Labute approximate surface area is 151 Å². The lowest BCUT2D eigenvalue weighted by molar-refractivity contribution is 0.0185. The molecule has 0 aliphatic carbocycles. The molecule has 25 heavy (non-hydrogen) atoms. The van der Waals surface area contributed by atoms with Gasteiger partial charge in [-0.25, -0.2) is 4.79 Å². The van der Waals surface area contributed by atoms with Crippen LogP contribution in [0.2, 0.25) is 0 Å². The lowest BCUT2D eigenvalue weighted by Gasteiger charge is -2.33. The molecule has 1 heterocycles. The van der Waals surface area contributed by atoms with Crippen molar-refractivity contribution in [2.45, 2.75) is 52.2 Å². The van der Waals surface area contributed by atoms with Crippen LogP contribution in [0, 0.1) is 5.92 Å². The Balaban J connectivity index is 1.58. The Hall–Kier alpha value is -1.81. The van der Waals surface area contributed by atoms with Gasteiger partial charge in [0.1, 0.15) is 5.60 Å². The summed E-state index contributed by atoms with van der Waals surface area (Å²) in [5, 5.41) is 0. The second-order valence-electron chi connectivity index (χ2n) is 7.62. The van der Waals surface area contributed by atoms with Crippen molar-refractivity contribution in [2.24, 2.45) is 5.92 Å².